The Kier molecular flexibility index (Phi) is 9.86. The van der Waals surface area contributed by atoms with Gasteiger partial charge in [0, 0.05) is 35.7 Å². The molecule has 0 saturated carbocycles. The highest BCUT2D eigenvalue weighted by Crippen LogP contribution is 2.31. The van der Waals surface area contributed by atoms with E-state index < -0.39 is 0 Å². The SMILES string of the molecule is COCCCNC(=O)CN(C)CC(=O)Nc1ccc(Sc2cc(C)ccc2C)cc1. The van der Waals surface area contributed by atoms with Crippen molar-refractivity contribution in [2.24, 2.45) is 0 Å². The fraction of sp³-hybridized carbons (Fsp3) is 0.391. The Morgan fingerprint density at radius 1 is 1.03 bits per heavy atom. The molecule has 0 radical (unpaired) electrons. The van der Waals surface area contributed by atoms with Gasteiger partial charge in [-0.05, 0) is 68.8 Å². The molecule has 0 aliphatic carbocycles. The minimum atomic E-state index is -0.153. The number of nitrogens with zero attached hydrogens (tertiary/aromatic N) is 1. The second-order valence-corrected chi connectivity index (χ2v) is 8.43. The van der Waals surface area contributed by atoms with Crippen LogP contribution in [0.25, 0.3) is 0 Å². The highest BCUT2D eigenvalue weighted by Gasteiger charge is 2.11. The highest BCUT2D eigenvalue weighted by atomic mass is 32.2. The third-order valence-electron chi connectivity index (χ3n) is 4.38. The Labute approximate surface area is 183 Å². The van der Waals surface area contributed by atoms with E-state index in [-0.39, 0.29) is 24.9 Å². The van der Waals surface area contributed by atoms with Crippen molar-refractivity contribution in [2.75, 3.05) is 45.7 Å². The van der Waals surface area contributed by atoms with Gasteiger partial charge in [0.25, 0.3) is 0 Å². The highest BCUT2D eigenvalue weighted by molar-refractivity contribution is 7.99. The first-order valence-corrected chi connectivity index (χ1v) is 10.8. The van der Waals surface area contributed by atoms with Crippen LogP contribution in [0.15, 0.2) is 52.3 Å². The van der Waals surface area contributed by atoms with Crippen molar-refractivity contribution in [1.29, 1.82) is 0 Å². The van der Waals surface area contributed by atoms with Crippen molar-refractivity contribution in [3.63, 3.8) is 0 Å². The Balaban J connectivity index is 1.78. The van der Waals surface area contributed by atoms with Crippen LogP contribution in [0.2, 0.25) is 0 Å². The summed E-state index contributed by atoms with van der Waals surface area (Å²) >= 11 is 1.71. The van der Waals surface area contributed by atoms with E-state index in [4.69, 9.17) is 4.74 Å². The van der Waals surface area contributed by atoms with Gasteiger partial charge in [-0.2, -0.15) is 0 Å². The standard InChI is InChI=1S/C23H31N3O3S/c1-17-6-7-18(2)21(14-17)30-20-10-8-19(9-11-20)25-23(28)16-26(3)15-22(27)24-12-5-13-29-4/h6-11,14H,5,12-13,15-16H2,1-4H3,(H,24,27)(H,25,28). The van der Waals surface area contributed by atoms with Crippen molar-refractivity contribution >= 4 is 29.3 Å². The van der Waals surface area contributed by atoms with Crippen LogP contribution in [0.3, 0.4) is 0 Å². The molecule has 6 nitrogen and oxygen atoms in total. The molecule has 0 saturated heterocycles. The molecule has 0 aliphatic heterocycles. The topological polar surface area (TPSA) is 70.7 Å². The third kappa shape index (κ3) is 8.57. The Bertz CT molecular complexity index is 840. The molecular formula is C23H31N3O3S. The molecule has 0 aromatic heterocycles. The summed E-state index contributed by atoms with van der Waals surface area (Å²) in [6, 6.07) is 14.2. The lowest BCUT2D eigenvalue weighted by atomic mass is 10.2. The molecule has 0 unspecified atom stereocenters. The molecule has 30 heavy (non-hydrogen) atoms. The summed E-state index contributed by atoms with van der Waals surface area (Å²) in [5.74, 6) is -0.256. The van der Waals surface area contributed by atoms with Gasteiger partial charge in [0.1, 0.15) is 0 Å². The van der Waals surface area contributed by atoms with Crippen molar-refractivity contribution in [3.05, 3.63) is 53.6 Å². The number of nitrogens with one attached hydrogen (secondary N) is 2. The Morgan fingerprint density at radius 3 is 2.43 bits per heavy atom. The predicted molar refractivity (Wildman–Crippen MR) is 122 cm³/mol. The number of methoxy groups -OCH3 is 1. The van der Waals surface area contributed by atoms with Crippen LogP contribution in [-0.2, 0) is 14.3 Å². The van der Waals surface area contributed by atoms with Crippen molar-refractivity contribution in [2.45, 2.75) is 30.1 Å². The van der Waals surface area contributed by atoms with E-state index in [0.29, 0.717) is 13.2 Å². The number of likely N-dealkylation sites (N-methyl/N-ethyl adjacent to an activating group) is 1. The number of aryl methyl sites for hydroxylation is 2. The van der Waals surface area contributed by atoms with Gasteiger partial charge in [0.2, 0.25) is 11.8 Å². The summed E-state index contributed by atoms with van der Waals surface area (Å²) in [6.07, 6.45) is 0.768. The zero-order valence-electron chi connectivity index (χ0n) is 18.2. The van der Waals surface area contributed by atoms with E-state index in [9.17, 15) is 9.59 Å². The number of benzene rings is 2. The van der Waals surface area contributed by atoms with Gasteiger partial charge in [-0.25, -0.2) is 0 Å². The summed E-state index contributed by atoms with van der Waals surface area (Å²) < 4.78 is 4.94. The summed E-state index contributed by atoms with van der Waals surface area (Å²) in [5.41, 5.74) is 3.22. The third-order valence-corrected chi connectivity index (χ3v) is 5.55. The zero-order valence-corrected chi connectivity index (χ0v) is 19.0. The van der Waals surface area contributed by atoms with Crippen molar-refractivity contribution < 1.29 is 14.3 Å². The van der Waals surface area contributed by atoms with Crippen LogP contribution in [0.5, 0.6) is 0 Å². The van der Waals surface area contributed by atoms with E-state index in [1.807, 2.05) is 24.3 Å². The van der Waals surface area contributed by atoms with E-state index in [0.717, 1.165) is 17.0 Å². The minimum absolute atomic E-state index is 0.103. The van der Waals surface area contributed by atoms with Crippen molar-refractivity contribution in [3.8, 4) is 0 Å². The van der Waals surface area contributed by atoms with Crippen LogP contribution in [-0.4, -0.2) is 57.1 Å². The summed E-state index contributed by atoms with van der Waals surface area (Å²) in [6.45, 7) is 5.69. The minimum Gasteiger partial charge on any atom is -0.385 e. The molecule has 0 fully saturated rings. The summed E-state index contributed by atoms with van der Waals surface area (Å²) in [4.78, 5) is 28.1. The number of rotatable bonds is 11. The number of carbonyl (C=O) groups excluding carboxylic acids is 2. The molecule has 0 bridgehead atoms. The maximum atomic E-state index is 12.3. The lowest BCUT2D eigenvalue weighted by Gasteiger charge is -2.16. The maximum absolute atomic E-state index is 12.3. The molecule has 2 aromatic rings. The number of amides is 2. The van der Waals surface area contributed by atoms with Gasteiger partial charge in [0.15, 0.2) is 0 Å². The Hall–Kier alpha value is -2.35. The maximum Gasteiger partial charge on any atom is 0.238 e. The number of hydrogen-bond acceptors (Lipinski definition) is 5. The number of ether oxygens (including phenoxy) is 1. The molecule has 2 aromatic carbocycles. The molecule has 0 spiro atoms. The van der Waals surface area contributed by atoms with Crippen LogP contribution in [0.1, 0.15) is 17.5 Å². The summed E-state index contributed by atoms with van der Waals surface area (Å²) in [5, 5.41) is 5.69. The van der Waals surface area contributed by atoms with Gasteiger partial charge in [-0.3, -0.25) is 14.5 Å². The predicted octanol–water partition coefficient (Wildman–Crippen LogP) is 3.48. The number of anilines is 1. The van der Waals surface area contributed by atoms with Crippen LogP contribution in [0, 0.1) is 13.8 Å². The molecular weight excluding hydrogens is 398 g/mol. The molecule has 0 aliphatic rings. The molecule has 2 amide bonds. The second-order valence-electron chi connectivity index (χ2n) is 7.31. The second kappa shape index (κ2) is 12.4. The van der Waals surface area contributed by atoms with Gasteiger partial charge in [-0.1, -0.05) is 23.9 Å². The molecule has 0 atom stereocenters. The Morgan fingerprint density at radius 2 is 1.73 bits per heavy atom. The van der Waals surface area contributed by atoms with Gasteiger partial charge >= 0.3 is 0 Å². The van der Waals surface area contributed by atoms with Gasteiger partial charge in [-0.15, -0.1) is 0 Å². The fourth-order valence-electron chi connectivity index (χ4n) is 2.80. The average Bonchev–Trinajstić information content (AvgIpc) is 2.69. The first-order valence-electron chi connectivity index (χ1n) is 9.96. The normalized spacial score (nSPS) is 10.8. The number of hydrogen-bond donors (Lipinski definition) is 2. The average molecular weight is 430 g/mol. The van der Waals surface area contributed by atoms with Crippen LogP contribution < -0.4 is 10.6 Å². The molecule has 7 heteroatoms. The number of carbonyl (C=O) groups is 2. The zero-order chi connectivity index (χ0) is 21.9. The smallest absolute Gasteiger partial charge is 0.238 e. The molecule has 2 rings (SSSR count). The largest absolute Gasteiger partial charge is 0.385 e. The lowest BCUT2D eigenvalue weighted by molar-refractivity contribution is -0.123. The van der Waals surface area contributed by atoms with E-state index in [1.54, 1.807) is 30.8 Å². The first kappa shape index (κ1) is 23.9. The molecule has 2 N–H and O–H groups in total. The summed E-state index contributed by atoms with van der Waals surface area (Å²) in [7, 11) is 3.38. The fourth-order valence-corrected chi connectivity index (χ4v) is 3.80. The first-order chi connectivity index (χ1) is 14.4. The quantitative estimate of drug-likeness (QED) is 0.535. The lowest BCUT2D eigenvalue weighted by Crippen LogP contribution is -2.39. The van der Waals surface area contributed by atoms with Crippen LogP contribution in [0.4, 0.5) is 5.69 Å². The molecule has 0 heterocycles. The monoisotopic (exact) mass is 429 g/mol. The van der Waals surface area contributed by atoms with Crippen molar-refractivity contribution in [1.82, 2.24) is 10.2 Å². The van der Waals surface area contributed by atoms with E-state index in [2.05, 4.69) is 42.7 Å². The van der Waals surface area contributed by atoms with Gasteiger partial charge < -0.3 is 15.4 Å². The van der Waals surface area contributed by atoms with E-state index >= 15 is 0 Å². The molecule has 162 valence electrons. The van der Waals surface area contributed by atoms with E-state index in [1.165, 1.54) is 16.0 Å². The van der Waals surface area contributed by atoms with Gasteiger partial charge in [0.05, 0.1) is 13.1 Å². The van der Waals surface area contributed by atoms with Crippen LogP contribution >= 0.6 is 11.8 Å².